The zero-order valence-corrected chi connectivity index (χ0v) is 24.9. The minimum absolute atomic E-state index is 0. The second-order valence-electron chi connectivity index (χ2n) is 8.21. The van der Waals surface area contributed by atoms with Crippen LogP contribution in [-0.2, 0) is 21.7 Å². The number of benzene rings is 1. The Hall–Kier alpha value is 0.501. The first-order chi connectivity index (χ1) is 12.4. The third kappa shape index (κ3) is 8.13. The molecule has 1 aromatic rings. The van der Waals surface area contributed by atoms with Gasteiger partial charge in [-0.15, -0.1) is 6.42 Å². The van der Waals surface area contributed by atoms with Gasteiger partial charge >= 0.3 is 21.7 Å². The summed E-state index contributed by atoms with van der Waals surface area (Å²) in [5.41, 5.74) is 9.35. The van der Waals surface area contributed by atoms with Crippen molar-refractivity contribution in [2.75, 3.05) is 0 Å². The molecule has 0 bridgehead atoms. The number of halogens is 3. The fourth-order valence-electron chi connectivity index (χ4n) is 4.54. The minimum atomic E-state index is -1.19. The van der Waals surface area contributed by atoms with Crippen LogP contribution in [0, 0.1) is 40.7 Å². The molecule has 1 unspecified atom stereocenters. The molecule has 0 N–H and O–H groups in total. The Morgan fingerprint density at radius 3 is 1.77 bits per heavy atom. The summed E-state index contributed by atoms with van der Waals surface area (Å²) >= 11 is 0. The number of unbranched alkanes of at least 4 members (excludes halogenated alkanes) is 3. The smallest absolute Gasteiger partial charge is 1.00 e. The fraction of sp³-hybridized carbons (Fsp3) is 0.600. The van der Waals surface area contributed by atoms with Gasteiger partial charge in [-0.3, -0.25) is 6.08 Å². The third-order valence-electron chi connectivity index (χ3n) is 6.64. The monoisotopic (exact) mass is 520 g/mol. The molecule has 1 atom stereocenters. The molecule has 0 saturated heterocycles. The van der Waals surface area contributed by atoms with Crippen LogP contribution in [0.2, 0.25) is 6.04 Å². The van der Waals surface area contributed by atoms with Crippen LogP contribution in [0.5, 0.6) is 0 Å². The van der Waals surface area contributed by atoms with Crippen molar-refractivity contribution in [3.05, 3.63) is 50.7 Å². The Balaban J connectivity index is -0.00000182. The van der Waals surface area contributed by atoms with Gasteiger partial charge in [-0.1, -0.05) is 63.6 Å². The van der Waals surface area contributed by atoms with Crippen molar-refractivity contribution in [1.82, 2.24) is 0 Å². The Morgan fingerprint density at radius 2 is 1.27 bits per heavy atom. The molecule has 0 amide bonds. The van der Waals surface area contributed by atoms with E-state index < -0.39 is 8.80 Å². The van der Waals surface area contributed by atoms with E-state index in [2.05, 4.69) is 60.6 Å². The topological polar surface area (TPSA) is 0 Å². The average Bonchev–Trinajstić information content (AvgIpc) is 3.10. The summed E-state index contributed by atoms with van der Waals surface area (Å²) in [6, 6.07) is 1.41. The van der Waals surface area contributed by atoms with Crippen molar-refractivity contribution in [3.8, 4) is 0 Å². The molecule has 0 heterocycles. The SMILES string of the molecule is CCCCC[SiH](C1=[C-]CC=C1CCCC)c1c(C)c(C)c(C)c(C)c1C.[Cl-].[Cl-].[Cl-].[Ti+4]. The number of rotatable bonds is 9. The Morgan fingerprint density at radius 1 is 0.767 bits per heavy atom. The van der Waals surface area contributed by atoms with Crippen LogP contribution in [0.15, 0.2) is 16.8 Å². The van der Waals surface area contributed by atoms with Gasteiger partial charge in [0.25, 0.3) is 0 Å². The maximum absolute atomic E-state index is 3.83. The summed E-state index contributed by atoms with van der Waals surface area (Å²) in [6.07, 6.45) is 15.3. The van der Waals surface area contributed by atoms with Gasteiger partial charge in [0.05, 0.1) is 8.80 Å². The molecular formula is C25H39Cl3SiTi. The third-order valence-corrected chi connectivity index (χ3v) is 10.5. The summed E-state index contributed by atoms with van der Waals surface area (Å²) < 4.78 is 0. The first kappa shape index (κ1) is 35.1. The molecule has 0 fully saturated rings. The van der Waals surface area contributed by atoms with E-state index in [4.69, 9.17) is 0 Å². The van der Waals surface area contributed by atoms with Crippen LogP contribution in [-0.4, -0.2) is 8.80 Å². The maximum Gasteiger partial charge on any atom is 4.00 e. The Kier molecular flexibility index (Phi) is 19.9. The molecular weight excluding hydrogens is 483 g/mol. The average molecular weight is 522 g/mol. The molecule has 30 heavy (non-hydrogen) atoms. The first-order valence-electron chi connectivity index (χ1n) is 10.8. The molecule has 168 valence electrons. The first-order valence-corrected chi connectivity index (χ1v) is 12.8. The molecule has 1 aliphatic carbocycles. The number of hydrogen-bond acceptors (Lipinski definition) is 0. The molecule has 0 nitrogen and oxygen atoms in total. The zero-order valence-electron chi connectivity index (χ0n) is 19.9. The van der Waals surface area contributed by atoms with E-state index >= 15 is 0 Å². The second-order valence-corrected chi connectivity index (χ2v) is 11.1. The second kappa shape index (κ2) is 17.0. The predicted octanol–water partition coefficient (Wildman–Crippen LogP) is -2.35. The molecule has 0 saturated carbocycles. The van der Waals surface area contributed by atoms with Gasteiger partial charge in [-0.05, 0) is 62.4 Å². The van der Waals surface area contributed by atoms with E-state index in [-0.39, 0.29) is 58.9 Å². The van der Waals surface area contributed by atoms with Gasteiger partial charge < -0.3 is 37.2 Å². The van der Waals surface area contributed by atoms with E-state index in [0.717, 1.165) is 6.42 Å². The molecule has 1 aliphatic rings. The molecule has 0 spiro atoms. The van der Waals surface area contributed by atoms with Gasteiger partial charge in [0.15, 0.2) is 0 Å². The standard InChI is InChI=1S/C25H39Si.3ClH.Ti/c1-8-10-12-17-26(24-16-13-15-23(24)14-11-9-2)25-21(6)19(4)18(3)20(5)22(25)7;;;;/h15,26H,8-14,17H2,1-7H3;3*1H;/q-1;;;;+4/p-3. The predicted molar refractivity (Wildman–Crippen MR) is 120 cm³/mol. The van der Waals surface area contributed by atoms with E-state index in [0.29, 0.717) is 0 Å². The van der Waals surface area contributed by atoms with Gasteiger partial charge in [0.2, 0.25) is 0 Å². The molecule has 2 rings (SSSR count). The summed E-state index contributed by atoms with van der Waals surface area (Å²) in [5.74, 6) is 0. The van der Waals surface area contributed by atoms with E-state index in [9.17, 15) is 0 Å². The van der Waals surface area contributed by atoms with Gasteiger partial charge in [0.1, 0.15) is 0 Å². The van der Waals surface area contributed by atoms with Gasteiger partial charge in [-0.25, -0.2) is 10.8 Å². The summed E-state index contributed by atoms with van der Waals surface area (Å²) in [5, 5.41) is 3.41. The van der Waals surface area contributed by atoms with Crippen LogP contribution in [0.25, 0.3) is 0 Å². The van der Waals surface area contributed by atoms with Crippen molar-refractivity contribution in [2.45, 2.75) is 99.5 Å². The van der Waals surface area contributed by atoms with E-state index in [1.54, 1.807) is 27.1 Å². The summed E-state index contributed by atoms with van der Waals surface area (Å²) in [6.45, 7) is 16.4. The summed E-state index contributed by atoms with van der Waals surface area (Å²) in [7, 11) is -1.19. The Bertz CT molecular complexity index is 682. The van der Waals surface area contributed by atoms with Crippen molar-refractivity contribution in [1.29, 1.82) is 0 Å². The summed E-state index contributed by atoms with van der Waals surface area (Å²) in [4.78, 5) is 0. The number of hydrogen-bond donors (Lipinski definition) is 0. The van der Waals surface area contributed by atoms with Crippen LogP contribution in [0.3, 0.4) is 0 Å². The maximum atomic E-state index is 3.83. The molecule has 0 radical (unpaired) electrons. The molecule has 0 aliphatic heterocycles. The van der Waals surface area contributed by atoms with Gasteiger partial charge in [-0.2, -0.15) is 6.08 Å². The van der Waals surface area contributed by atoms with Crippen LogP contribution in [0.4, 0.5) is 0 Å². The number of allylic oxidation sites excluding steroid dienone is 4. The normalized spacial score (nSPS) is 13.2. The molecule has 5 heteroatoms. The Labute approximate surface area is 221 Å². The van der Waals surface area contributed by atoms with Crippen molar-refractivity contribution in [2.24, 2.45) is 0 Å². The van der Waals surface area contributed by atoms with Gasteiger partial charge in [0, 0.05) is 0 Å². The van der Waals surface area contributed by atoms with E-state index in [1.807, 2.05) is 0 Å². The van der Waals surface area contributed by atoms with E-state index in [1.165, 1.54) is 61.3 Å². The molecule has 0 aromatic heterocycles. The van der Waals surface area contributed by atoms with Crippen LogP contribution < -0.4 is 42.4 Å². The molecule has 1 aromatic carbocycles. The fourth-order valence-corrected chi connectivity index (χ4v) is 8.66. The van der Waals surface area contributed by atoms with Crippen molar-refractivity contribution >= 4 is 14.0 Å². The van der Waals surface area contributed by atoms with Crippen LogP contribution in [0.1, 0.15) is 86.6 Å². The minimum Gasteiger partial charge on any atom is -1.00 e. The zero-order chi connectivity index (χ0) is 19.3. The van der Waals surface area contributed by atoms with Crippen LogP contribution >= 0.6 is 0 Å². The largest absolute Gasteiger partial charge is 4.00 e. The van der Waals surface area contributed by atoms with Crippen molar-refractivity contribution in [3.63, 3.8) is 0 Å². The van der Waals surface area contributed by atoms with Crippen molar-refractivity contribution < 1.29 is 58.9 Å². The quantitative estimate of drug-likeness (QED) is 0.194.